The Kier molecular flexibility index (Phi) is 5.34. The number of thioether (sulfide) groups is 1. The van der Waals surface area contributed by atoms with Crippen molar-refractivity contribution >= 4 is 46.2 Å². The van der Waals surface area contributed by atoms with E-state index in [9.17, 15) is 9.18 Å². The van der Waals surface area contributed by atoms with Gasteiger partial charge in [0.2, 0.25) is 5.88 Å². The summed E-state index contributed by atoms with van der Waals surface area (Å²) in [4.78, 5) is 29.4. The molecule has 1 amide bonds. The van der Waals surface area contributed by atoms with Crippen molar-refractivity contribution < 1.29 is 18.7 Å². The van der Waals surface area contributed by atoms with Crippen LogP contribution >= 0.6 is 23.4 Å². The minimum atomic E-state index is -0.698. The Bertz CT molecular complexity index is 1020. The van der Waals surface area contributed by atoms with Crippen LogP contribution in [-0.2, 0) is 4.74 Å². The first-order valence-corrected chi connectivity index (χ1v) is 11.2. The van der Waals surface area contributed by atoms with Gasteiger partial charge in [-0.3, -0.25) is 0 Å². The molecule has 0 bridgehead atoms. The molecule has 11 heteroatoms. The van der Waals surface area contributed by atoms with Gasteiger partial charge >= 0.3 is 6.09 Å². The molecule has 4 heterocycles. The smallest absolute Gasteiger partial charge is 0.410 e. The zero-order valence-electron chi connectivity index (χ0n) is 17.4. The number of fused-ring (bicyclic) bond motifs is 2. The number of aromatic nitrogens is 3. The van der Waals surface area contributed by atoms with Gasteiger partial charge in [-0.05, 0) is 34.0 Å². The van der Waals surface area contributed by atoms with Gasteiger partial charge in [0.1, 0.15) is 28.4 Å². The predicted octanol–water partition coefficient (Wildman–Crippen LogP) is 3.75. The highest BCUT2D eigenvalue weighted by Crippen LogP contribution is 2.41. The van der Waals surface area contributed by atoms with Crippen molar-refractivity contribution in [3.05, 3.63) is 11.0 Å². The van der Waals surface area contributed by atoms with E-state index in [1.165, 1.54) is 11.8 Å². The number of carbonyl (C=O) groups is 1. The molecule has 2 aromatic heterocycles. The molecule has 0 radical (unpaired) electrons. The lowest BCUT2D eigenvalue weighted by Gasteiger charge is -2.43. The molecular formula is C19H23ClFN5O3S. The summed E-state index contributed by atoms with van der Waals surface area (Å²) >= 11 is 7.32. The number of carbonyl (C=O) groups excluding carboxylic acids is 1. The van der Waals surface area contributed by atoms with Crippen molar-refractivity contribution in [3.63, 3.8) is 0 Å². The van der Waals surface area contributed by atoms with Crippen molar-refractivity contribution in [3.8, 4) is 5.88 Å². The summed E-state index contributed by atoms with van der Waals surface area (Å²) in [5.74, 6) is 0.0434. The van der Waals surface area contributed by atoms with Gasteiger partial charge in [-0.15, -0.1) is 0 Å². The normalized spacial score (nSPS) is 21.2. The first-order valence-electron chi connectivity index (χ1n) is 9.61. The molecule has 0 aliphatic carbocycles. The molecular weight excluding hydrogens is 433 g/mol. The summed E-state index contributed by atoms with van der Waals surface area (Å²) in [5.41, 5.74) is -0.498. The maximum atomic E-state index is 14.8. The van der Waals surface area contributed by atoms with Crippen LogP contribution in [0.15, 0.2) is 5.16 Å². The quantitative estimate of drug-likeness (QED) is 0.365. The van der Waals surface area contributed by atoms with Crippen LogP contribution in [0.5, 0.6) is 5.88 Å². The SMILES string of the molecule is CSc1nc2c3c(nc(Cl)c(F)c3n1)OC(C)[C@@H]1CN(C(=O)OC(C)(C)C)CCN21. The fraction of sp³-hybridized carbons (Fsp3) is 0.579. The van der Waals surface area contributed by atoms with E-state index in [1.54, 1.807) is 4.90 Å². The van der Waals surface area contributed by atoms with E-state index < -0.39 is 11.4 Å². The zero-order chi connectivity index (χ0) is 21.8. The number of pyridine rings is 1. The molecule has 8 nitrogen and oxygen atoms in total. The Morgan fingerprint density at radius 3 is 2.70 bits per heavy atom. The van der Waals surface area contributed by atoms with E-state index in [0.29, 0.717) is 36.0 Å². The van der Waals surface area contributed by atoms with Gasteiger partial charge in [0.05, 0.1) is 6.04 Å². The molecule has 0 aromatic carbocycles. The van der Waals surface area contributed by atoms with Gasteiger partial charge < -0.3 is 19.3 Å². The summed E-state index contributed by atoms with van der Waals surface area (Å²) in [5, 5.41) is 0.527. The number of anilines is 1. The average Bonchev–Trinajstić information content (AvgIpc) is 2.79. The molecule has 2 aliphatic rings. The Morgan fingerprint density at radius 1 is 1.30 bits per heavy atom. The van der Waals surface area contributed by atoms with E-state index in [-0.39, 0.29) is 34.8 Å². The van der Waals surface area contributed by atoms with Crippen molar-refractivity contribution in [2.75, 3.05) is 30.8 Å². The van der Waals surface area contributed by atoms with Crippen molar-refractivity contribution in [2.45, 2.75) is 50.6 Å². The third-order valence-electron chi connectivity index (χ3n) is 5.04. The second-order valence-corrected chi connectivity index (χ2v) is 9.42. The first-order chi connectivity index (χ1) is 14.1. The molecule has 0 N–H and O–H groups in total. The number of hydrogen-bond donors (Lipinski definition) is 0. The number of halogens is 2. The molecule has 4 rings (SSSR count). The summed E-state index contributed by atoms with van der Waals surface area (Å²) < 4.78 is 26.4. The lowest BCUT2D eigenvalue weighted by atomic mass is 10.1. The molecule has 162 valence electrons. The number of rotatable bonds is 1. The van der Waals surface area contributed by atoms with Crippen LogP contribution in [0, 0.1) is 5.82 Å². The highest BCUT2D eigenvalue weighted by atomic mass is 35.5. The number of nitrogens with zero attached hydrogens (tertiary/aromatic N) is 5. The van der Waals surface area contributed by atoms with E-state index in [4.69, 9.17) is 21.1 Å². The number of amides is 1. The third-order valence-corrected chi connectivity index (χ3v) is 5.83. The summed E-state index contributed by atoms with van der Waals surface area (Å²) in [6.07, 6.45) is 1.09. The Morgan fingerprint density at radius 2 is 2.03 bits per heavy atom. The minimum Gasteiger partial charge on any atom is -0.472 e. The molecule has 30 heavy (non-hydrogen) atoms. The summed E-state index contributed by atoms with van der Waals surface area (Å²) in [6.45, 7) is 8.69. The molecule has 2 atom stereocenters. The molecule has 1 saturated heterocycles. The summed E-state index contributed by atoms with van der Waals surface area (Å²) in [7, 11) is 0. The van der Waals surface area contributed by atoms with E-state index in [1.807, 2.05) is 38.9 Å². The second-order valence-electron chi connectivity index (χ2n) is 8.29. The third kappa shape index (κ3) is 3.71. The first kappa shape index (κ1) is 21.2. The van der Waals surface area contributed by atoms with Gasteiger partial charge in [-0.25, -0.2) is 19.2 Å². The Balaban J connectivity index is 1.77. The Hall–Kier alpha value is -2.07. The van der Waals surface area contributed by atoms with E-state index in [2.05, 4.69) is 15.0 Å². The standard InChI is InChI=1S/C19H23ClFN5O3S/c1-9-10-8-25(18(27)29-19(2,3)4)6-7-26(10)15-11-13(22-17(24-15)30-5)12(21)14(20)23-16(11)28-9/h9-10H,6-8H2,1-5H3/t9?,10-/m0/s1. The molecule has 1 unspecified atom stereocenters. The lowest BCUT2D eigenvalue weighted by molar-refractivity contribution is 0.0175. The fourth-order valence-electron chi connectivity index (χ4n) is 3.68. The van der Waals surface area contributed by atoms with Crippen LogP contribution in [-0.4, -0.2) is 69.6 Å². The largest absolute Gasteiger partial charge is 0.472 e. The predicted molar refractivity (Wildman–Crippen MR) is 113 cm³/mol. The van der Waals surface area contributed by atoms with Crippen LogP contribution < -0.4 is 9.64 Å². The maximum Gasteiger partial charge on any atom is 0.410 e. The molecule has 2 aromatic rings. The number of ether oxygens (including phenoxy) is 2. The van der Waals surface area contributed by atoms with Crippen LogP contribution in [0.4, 0.5) is 15.0 Å². The van der Waals surface area contributed by atoms with Gasteiger partial charge in [0.15, 0.2) is 16.1 Å². The maximum absolute atomic E-state index is 14.8. The second kappa shape index (κ2) is 7.56. The molecule has 1 fully saturated rings. The van der Waals surface area contributed by atoms with Gasteiger partial charge in [-0.1, -0.05) is 23.4 Å². The summed E-state index contributed by atoms with van der Waals surface area (Å²) in [6, 6.07) is -0.227. The zero-order valence-corrected chi connectivity index (χ0v) is 19.0. The number of piperazine rings is 1. The van der Waals surface area contributed by atoms with Gasteiger partial charge in [0.25, 0.3) is 0 Å². The van der Waals surface area contributed by atoms with Crippen molar-refractivity contribution in [1.29, 1.82) is 0 Å². The average molecular weight is 456 g/mol. The topological polar surface area (TPSA) is 80.7 Å². The van der Waals surface area contributed by atoms with Crippen LogP contribution in [0.1, 0.15) is 27.7 Å². The molecule has 2 aliphatic heterocycles. The van der Waals surface area contributed by atoms with E-state index >= 15 is 0 Å². The van der Waals surface area contributed by atoms with Crippen LogP contribution in [0.3, 0.4) is 0 Å². The van der Waals surface area contributed by atoms with Crippen LogP contribution in [0.25, 0.3) is 10.9 Å². The molecule has 0 spiro atoms. The Labute approximate surface area is 183 Å². The highest BCUT2D eigenvalue weighted by Gasteiger charge is 2.40. The van der Waals surface area contributed by atoms with Crippen molar-refractivity contribution in [2.24, 2.45) is 0 Å². The lowest BCUT2D eigenvalue weighted by Crippen LogP contribution is -2.59. The highest BCUT2D eigenvalue weighted by molar-refractivity contribution is 7.98. The molecule has 0 saturated carbocycles. The monoisotopic (exact) mass is 455 g/mol. The van der Waals surface area contributed by atoms with Crippen LogP contribution in [0.2, 0.25) is 5.15 Å². The van der Waals surface area contributed by atoms with Gasteiger partial charge in [-0.2, -0.15) is 4.98 Å². The minimum absolute atomic E-state index is 0.0850. The van der Waals surface area contributed by atoms with Crippen molar-refractivity contribution in [1.82, 2.24) is 19.9 Å². The number of hydrogen-bond acceptors (Lipinski definition) is 8. The van der Waals surface area contributed by atoms with Gasteiger partial charge in [0, 0.05) is 19.6 Å². The van der Waals surface area contributed by atoms with E-state index in [0.717, 1.165) is 0 Å². The fourth-order valence-corrected chi connectivity index (χ4v) is 4.21.